The number of carbonyl (C=O) groups is 3. The Kier molecular flexibility index (Phi) is 60.3. The molecule has 75 heavy (non-hydrogen) atoms. The Bertz CT molecular complexity index is 1430. The Morgan fingerprint density at radius 1 is 0.280 bits per heavy atom. The smallest absolute Gasteiger partial charge is 0.306 e. The van der Waals surface area contributed by atoms with Crippen LogP contribution in [-0.2, 0) is 28.6 Å². The second kappa shape index (κ2) is 63.1. The molecular formula is C69H120O6. The zero-order chi connectivity index (χ0) is 54.3. The largest absolute Gasteiger partial charge is 0.462 e. The van der Waals surface area contributed by atoms with E-state index in [1.807, 2.05) is 6.08 Å². The Balaban J connectivity index is 4.36. The highest BCUT2D eigenvalue weighted by molar-refractivity contribution is 5.71. The summed E-state index contributed by atoms with van der Waals surface area (Å²) in [6.07, 6.45) is 83.3. The maximum absolute atomic E-state index is 12.9. The standard InChI is InChI=1S/C69H120O6/c1-4-7-10-13-16-19-22-25-27-29-31-33-34-36-37-39-41-44-47-50-53-56-59-62-68(71)74-65-66(64-73-67(70)61-58-55-52-49-46-43-24-21-18-15-12-9-6-3)75-69(72)63-60-57-54-51-48-45-42-40-38-35-32-30-28-26-23-20-17-14-11-8-5-2/h9,12,18,21,23,26,30,32,38,40,43,46,52,55,66H,4-8,10-11,13-17,19-20,22,24-25,27-29,31,33-37,39,41-42,44-45,47-51,53-54,56-65H2,1-3H3/b12-9-,21-18-,26-23-,32-30-,40-38-,46-43-,55-52-. The van der Waals surface area contributed by atoms with Gasteiger partial charge in [-0.1, -0.05) is 298 Å². The van der Waals surface area contributed by atoms with Gasteiger partial charge >= 0.3 is 17.9 Å². The van der Waals surface area contributed by atoms with Crippen LogP contribution in [0.25, 0.3) is 0 Å². The Morgan fingerprint density at radius 2 is 0.547 bits per heavy atom. The summed E-state index contributed by atoms with van der Waals surface area (Å²) in [4.78, 5) is 38.2. The number of hydrogen-bond donors (Lipinski definition) is 0. The molecule has 0 bridgehead atoms. The fourth-order valence-electron chi connectivity index (χ4n) is 9.11. The van der Waals surface area contributed by atoms with E-state index in [2.05, 4.69) is 99.8 Å². The van der Waals surface area contributed by atoms with Gasteiger partial charge in [-0.15, -0.1) is 0 Å². The van der Waals surface area contributed by atoms with E-state index in [4.69, 9.17) is 14.2 Å². The SMILES string of the molecule is CC/C=C\C/C=C\C/C=C\C/C=C\CCC(=O)OCC(COC(=O)CCCCCCCCCCCCCCCCCCCCCCCCC)OC(=O)CCCCCCCC/C=C\C/C=C\C/C=C\CCCCCCC. The van der Waals surface area contributed by atoms with Crippen LogP contribution in [-0.4, -0.2) is 37.2 Å². The number of ether oxygens (including phenoxy) is 3. The van der Waals surface area contributed by atoms with Gasteiger partial charge in [0.1, 0.15) is 13.2 Å². The molecule has 6 heteroatoms. The molecule has 0 amide bonds. The first-order valence-electron chi connectivity index (χ1n) is 32.1. The maximum atomic E-state index is 12.9. The normalized spacial score (nSPS) is 12.6. The summed E-state index contributed by atoms with van der Waals surface area (Å²) in [6.45, 7) is 6.47. The van der Waals surface area contributed by atoms with E-state index >= 15 is 0 Å². The molecule has 0 N–H and O–H groups in total. The highest BCUT2D eigenvalue weighted by atomic mass is 16.6. The van der Waals surface area contributed by atoms with Gasteiger partial charge in [-0.3, -0.25) is 14.4 Å². The summed E-state index contributed by atoms with van der Waals surface area (Å²) in [5.41, 5.74) is 0. The van der Waals surface area contributed by atoms with Crippen LogP contribution in [0.5, 0.6) is 0 Å². The fourth-order valence-corrected chi connectivity index (χ4v) is 9.11. The first kappa shape index (κ1) is 71.6. The quantitative estimate of drug-likeness (QED) is 0.0261. The molecule has 0 spiro atoms. The summed E-state index contributed by atoms with van der Waals surface area (Å²) >= 11 is 0. The summed E-state index contributed by atoms with van der Waals surface area (Å²) in [5, 5.41) is 0. The van der Waals surface area contributed by atoms with Gasteiger partial charge in [-0.25, -0.2) is 0 Å². The van der Waals surface area contributed by atoms with Crippen molar-refractivity contribution in [2.75, 3.05) is 13.2 Å². The van der Waals surface area contributed by atoms with E-state index in [9.17, 15) is 14.4 Å². The van der Waals surface area contributed by atoms with E-state index in [1.54, 1.807) is 0 Å². The Labute approximate surface area is 465 Å². The zero-order valence-corrected chi connectivity index (χ0v) is 49.6. The first-order chi connectivity index (χ1) is 37.0. The number of allylic oxidation sites excluding steroid dienone is 14. The molecule has 0 radical (unpaired) electrons. The van der Waals surface area contributed by atoms with Crippen molar-refractivity contribution in [2.24, 2.45) is 0 Å². The Morgan fingerprint density at radius 3 is 0.893 bits per heavy atom. The fraction of sp³-hybridized carbons (Fsp3) is 0.754. The van der Waals surface area contributed by atoms with Crippen LogP contribution >= 0.6 is 0 Å². The van der Waals surface area contributed by atoms with Crippen molar-refractivity contribution in [3.05, 3.63) is 85.1 Å². The molecule has 0 saturated carbocycles. The van der Waals surface area contributed by atoms with Crippen molar-refractivity contribution in [1.82, 2.24) is 0 Å². The number of rotatable bonds is 58. The van der Waals surface area contributed by atoms with Crippen LogP contribution < -0.4 is 0 Å². The van der Waals surface area contributed by atoms with Gasteiger partial charge in [0, 0.05) is 19.3 Å². The molecule has 6 nitrogen and oxygen atoms in total. The lowest BCUT2D eigenvalue weighted by atomic mass is 10.0. The predicted octanol–water partition coefficient (Wildman–Crippen LogP) is 21.9. The van der Waals surface area contributed by atoms with E-state index in [1.165, 1.54) is 180 Å². The third-order valence-corrected chi connectivity index (χ3v) is 13.9. The van der Waals surface area contributed by atoms with Crippen molar-refractivity contribution in [3.8, 4) is 0 Å². The minimum atomic E-state index is -0.813. The third kappa shape index (κ3) is 61.3. The van der Waals surface area contributed by atoms with E-state index in [0.717, 1.165) is 89.9 Å². The van der Waals surface area contributed by atoms with Gasteiger partial charge in [-0.2, -0.15) is 0 Å². The average Bonchev–Trinajstić information content (AvgIpc) is 3.41. The number of hydrogen-bond acceptors (Lipinski definition) is 6. The van der Waals surface area contributed by atoms with E-state index < -0.39 is 6.10 Å². The van der Waals surface area contributed by atoms with Crippen LogP contribution in [0, 0.1) is 0 Å². The number of esters is 3. The lowest BCUT2D eigenvalue weighted by molar-refractivity contribution is -0.166. The first-order valence-corrected chi connectivity index (χ1v) is 32.1. The van der Waals surface area contributed by atoms with Crippen molar-refractivity contribution in [2.45, 2.75) is 322 Å². The minimum absolute atomic E-state index is 0.102. The molecule has 1 unspecified atom stereocenters. The second-order valence-electron chi connectivity index (χ2n) is 21.3. The van der Waals surface area contributed by atoms with Gasteiger partial charge < -0.3 is 14.2 Å². The molecule has 0 fully saturated rings. The summed E-state index contributed by atoms with van der Waals surface area (Å²) in [7, 11) is 0. The molecule has 0 aliphatic rings. The summed E-state index contributed by atoms with van der Waals surface area (Å²) < 4.78 is 16.8. The molecule has 1 atom stereocenters. The van der Waals surface area contributed by atoms with Crippen LogP contribution in [0.3, 0.4) is 0 Å². The topological polar surface area (TPSA) is 78.9 Å². The Hall–Kier alpha value is -3.41. The monoisotopic (exact) mass is 1040 g/mol. The molecule has 0 rings (SSSR count). The maximum Gasteiger partial charge on any atom is 0.306 e. The molecule has 0 heterocycles. The molecule has 0 aromatic carbocycles. The van der Waals surface area contributed by atoms with E-state index in [-0.39, 0.29) is 37.5 Å². The van der Waals surface area contributed by atoms with Gasteiger partial charge in [0.2, 0.25) is 0 Å². The van der Waals surface area contributed by atoms with Crippen molar-refractivity contribution < 1.29 is 28.6 Å². The molecule has 432 valence electrons. The summed E-state index contributed by atoms with van der Waals surface area (Å²) in [6, 6.07) is 0. The molecule has 0 aromatic rings. The average molecular weight is 1050 g/mol. The van der Waals surface area contributed by atoms with E-state index in [0.29, 0.717) is 19.3 Å². The molecule has 0 saturated heterocycles. The highest BCUT2D eigenvalue weighted by Gasteiger charge is 2.19. The van der Waals surface area contributed by atoms with Crippen LogP contribution in [0.2, 0.25) is 0 Å². The molecule has 0 aromatic heterocycles. The summed E-state index contributed by atoms with van der Waals surface area (Å²) in [5.74, 6) is -0.988. The van der Waals surface area contributed by atoms with Gasteiger partial charge in [0.15, 0.2) is 6.10 Å². The zero-order valence-electron chi connectivity index (χ0n) is 49.6. The molecular weight excluding hydrogens is 925 g/mol. The van der Waals surface area contributed by atoms with Crippen molar-refractivity contribution in [3.63, 3.8) is 0 Å². The van der Waals surface area contributed by atoms with Gasteiger partial charge in [0.05, 0.1) is 0 Å². The minimum Gasteiger partial charge on any atom is -0.462 e. The van der Waals surface area contributed by atoms with Gasteiger partial charge in [-0.05, 0) is 83.5 Å². The molecule has 0 aliphatic heterocycles. The number of unbranched alkanes of at least 4 members (excludes halogenated alkanes) is 33. The van der Waals surface area contributed by atoms with Crippen LogP contribution in [0.15, 0.2) is 85.1 Å². The second-order valence-corrected chi connectivity index (χ2v) is 21.3. The van der Waals surface area contributed by atoms with Crippen LogP contribution in [0.4, 0.5) is 0 Å². The highest BCUT2D eigenvalue weighted by Crippen LogP contribution is 2.17. The molecule has 0 aliphatic carbocycles. The lowest BCUT2D eigenvalue weighted by Crippen LogP contribution is -2.30. The van der Waals surface area contributed by atoms with Crippen molar-refractivity contribution >= 4 is 17.9 Å². The number of carbonyl (C=O) groups excluding carboxylic acids is 3. The third-order valence-electron chi connectivity index (χ3n) is 13.9. The van der Waals surface area contributed by atoms with Crippen molar-refractivity contribution in [1.29, 1.82) is 0 Å². The van der Waals surface area contributed by atoms with Gasteiger partial charge in [0.25, 0.3) is 0 Å². The lowest BCUT2D eigenvalue weighted by Gasteiger charge is -2.18. The predicted molar refractivity (Wildman–Crippen MR) is 325 cm³/mol. The van der Waals surface area contributed by atoms with Crippen LogP contribution in [0.1, 0.15) is 316 Å².